The van der Waals surface area contributed by atoms with Gasteiger partial charge in [0.25, 0.3) is 5.91 Å². The third kappa shape index (κ3) is 5.82. The Morgan fingerprint density at radius 1 is 1.22 bits per heavy atom. The number of benzene rings is 2. The lowest BCUT2D eigenvalue weighted by atomic mass is 10.2. The van der Waals surface area contributed by atoms with Crippen molar-refractivity contribution in [2.75, 3.05) is 11.1 Å². The van der Waals surface area contributed by atoms with E-state index in [1.54, 1.807) is 47.9 Å². The zero-order valence-corrected chi connectivity index (χ0v) is 18.7. The van der Waals surface area contributed by atoms with Crippen LogP contribution in [-0.2, 0) is 11.3 Å². The van der Waals surface area contributed by atoms with Crippen LogP contribution in [0.4, 0.5) is 10.1 Å². The Kier molecular flexibility index (Phi) is 7.77. The molecule has 0 aliphatic rings. The van der Waals surface area contributed by atoms with Gasteiger partial charge in [0.1, 0.15) is 5.82 Å². The van der Waals surface area contributed by atoms with Crippen molar-refractivity contribution in [3.05, 3.63) is 84.0 Å². The number of hydrogen-bond donors (Lipinski definition) is 2. The quantitative estimate of drug-likeness (QED) is 0.376. The first-order valence-corrected chi connectivity index (χ1v) is 11.0. The van der Waals surface area contributed by atoms with Crippen molar-refractivity contribution in [3.8, 4) is 0 Å². The van der Waals surface area contributed by atoms with Gasteiger partial charge in [-0.1, -0.05) is 42.1 Å². The summed E-state index contributed by atoms with van der Waals surface area (Å²) in [5.74, 6) is -0.302. The zero-order valence-electron chi connectivity index (χ0n) is 17.8. The lowest BCUT2D eigenvalue weighted by Crippen LogP contribution is -2.28. The molecule has 0 aliphatic carbocycles. The third-order valence-electron chi connectivity index (χ3n) is 4.63. The van der Waals surface area contributed by atoms with E-state index in [0.29, 0.717) is 28.8 Å². The van der Waals surface area contributed by atoms with E-state index in [4.69, 9.17) is 0 Å². The molecule has 0 saturated heterocycles. The molecule has 0 saturated carbocycles. The Labute approximate surface area is 190 Å². The van der Waals surface area contributed by atoms with Crippen LogP contribution in [0.3, 0.4) is 0 Å². The first kappa shape index (κ1) is 23.2. The summed E-state index contributed by atoms with van der Waals surface area (Å²) < 4.78 is 15.2. The molecule has 2 amide bonds. The Morgan fingerprint density at radius 2 is 1.97 bits per heavy atom. The number of nitrogens with one attached hydrogen (secondary N) is 2. The first-order valence-electron chi connectivity index (χ1n) is 9.97. The fraction of sp³-hybridized carbons (Fsp3) is 0.217. The van der Waals surface area contributed by atoms with E-state index in [2.05, 4.69) is 27.4 Å². The molecule has 2 aromatic carbocycles. The second kappa shape index (κ2) is 10.7. The number of anilines is 1. The van der Waals surface area contributed by atoms with E-state index < -0.39 is 11.9 Å². The maximum Gasteiger partial charge on any atom is 0.251 e. The fourth-order valence-electron chi connectivity index (χ4n) is 3.01. The van der Waals surface area contributed by atoms with Gasteiger partial charge >= 0.3 is 0 Å². The van der Waals surface area contributed by atoms with Crippen molar-refractivity contribution in [2.45, 2.75) is 31.6 Å². The van der Waals surface area contributed by atoms with E-state index in [0.717, 1.165) is 5.56 Å². The monoisotopic (exact) mass is 453 g/mol. The van der Waals surface area contributed by atoms with Crippen LogP contribution in [0, 0.1) is 12.7 Å². The summed E-state index contributed by atoms with van der Waals surface area (Å²) in [6.07, 6.45) is 1.69. The second-order valence-electron chi connectivity index (χ2n) is 7.10. The summed E-state index contributed by atoms with van der Waals surface area (Å²) in [5, 5.41) is 14.5. The Balaban J connectivity index is 1.67. The SMILES string of the molecule is C=CCn1c(SCC(=O)Nc2cc(F)ccc2C)nnc1[C@H](C)NC(=O)c1ccccc1. The normalized spacial score (nSPS) is 11.6. The van der Waals surface area contributed by atoms with Gasteiger partial charge in [-0.3, -0.25) is 9.59 Å². The predicted molar refractivity (Wildman–Crippen MR) is 123 cm³/mol. The highest BCUT2D eigenvalue weighted by Gasteiger charge is 2.20. The van der Waals surface area contributed by atoms with Gasteiger partial charge in [-0.2, -0.15) is 0 Å². The fourth-order valence-corrected chi connectivity index (χ4v) is 3.76. The van der Waals surface area contributed by atoms with Gasteiger partial charge in [-0.05, 0) is 43.7 Å². The first-order chi connectivity index (χ1) is 15.4. The molecular weight excluding hydrogens is 429 g/mol. The number of hydrogen-bond acceptors (Lipinski definition) is 5. The van der Waals surface area contributed by atoms with Gasteiger partial charge in [-0.25, -0.2) is 4.39 Å². The lowest BCUT2D eigenvalue weighted by molar-refractivity contribution is -0.113. The topological polar surface area (TPSA) is 88.9 Å². The van der Waals surface area contributed by atoms with Crippen LogP contribution in [0.5, 0.6) is 0 Å². The molecule has 0 unspecified atom stereocenters. The highest BCUT2D eigenvalue weighted by molar-refractivity contribution is 7.99. The van der Waals surface area contributed by atoms with Crippen LogP contribution >= 0.6 is 11.8 Å². The zero-order chi connectivity index (χ0) is 23.1. The minimum atomic E-state index is -0.416. The van der Waals surface area contributed by atoms with Crippen LogP contribution in [0.15, 0.2) is 66.3 Å². The highest BCUT2D eigenvalue weighted by Crippen LogP contribution is 2.22. The van der Waals surface area contributed by atoms with Crippen molar-refractivity contribution in [2.24, 2.45) is 0 Å². The van der Waals surface area contributed by atoms with Crippen LogP contribution in [0.1, 0.15) is 34.7 Å². The van der Waals surface area contributed by atoms with Gasteiger partial charge in [0.05, 0.1) is 11.8 Å². The average molecular weight is 454 g/mol. The van der Waals surface area contributed by atoms with Crippen LogP contribution in [0.25, 0.3) is 0 Å². The summed E-state index contributed by atoms with van der Waals surface area (Å²) in [5.41, 5.74) is 1.75. The Hall–Kier alpha value is -3.46. The van der Waals surface area contributed by atoms with Crippen LogP contribution < -0.4 is 10.6 Å². The molecule has 1 heterocycles. The van der Waals surface area contributed by atoms with Crippen LogP contribution in [0.2, 0.25) is 0 Å². The number of aryl methyl sites for hydroxylation is 1. The summed E-state index contributed by atoms with van der Waals surface area (Å²) in [7, 11) is 0. The molecule has 3 aromatic rings. The van der Waals surface area contributed by atoms with E-state index >= 15 is 0 Å². The number of carbonyl (C=O) groups excluding carboxylic acids is 2. The molecule has 3 rings (SSSR count). The van der Waals surface area contributed by atoms with Gasteiger partial charge in [-0.15, -0.1) is 16.8 Å². The number of carbonyl (C=O) groups is 2. The van der Waals surface area contributed by atoms with Crippen LogP contribution in [-0.4, -0.2) is 32.3 Å². The average Bonchev–Trinajstić information content (AvgIpc) is 3.18. The number of rotatable bonds is 9. The third-order valence-corrected chi connectivity index (χ3v) is 5.60. The van der Waals surface area contributed by atoms with E-state index in [1.807, 2.05) is 13.0 Å². The Bertz CT molecular complexity index is 1120. The molecule has 9 heteroatoms. The molecule has 1 aromatic heterocycles. The standard InChI is InChI=1S/C23H24FN5O2S/c1-4-12-29-21(16(3)25-22(31)17-8-6-5-7-9-17)27-28-23(29)32-14-20(30)26-19-13-18(24)11-10-15(19)2/h4-11,13,16H,1,12,14H2,2-3H3,(H,25,31)(H,26,30)/t16-/m0/s1. The summed E-state index contributed by atoms with van der Waals surface area (Å²) in [6.45, 7) is 7.79. The molecule has 0 fully saturated rings. The molecule has 2 N–H and O–H groups in total. The van der Waals surface area contributed by atoms with Crippen molar-refractivity contribution >= 4 is 29.3 Å². The smallest absolute Gasteiger partial charge is 0.251 e. The molecule has 166 valence electrons. The summed E-state index contributed by atoms with van der Waals surface area (Å²) in [4.78, 5) is 24.8. The van der Waals surface area contributed by atoms with Crippen molar-refractivity contribution in [1.29, 1.82) is 0 Å². The number of nitrogens with zero attached hydrogens (tertiary/aromatic N) is 3. The predicted octanol–water partition coefficient (Wildman–Crippen LogP) is 4.13. The number of allylic oxidation sites excluding steroid dienone is 1. The van der Waals surface area contributed by atoms with Gasteiger partial charge < -0.3 is 15.2 Å². The molecule has 0 aliphatic heterocycles. The summed E-state index contributed by atoms with van der Waals surface area (Å²) in [6, 6.07) is 12.7. The van der Waals surface area contributed by atoms with E-state index in [-0.39, 0.29) is 17.6 Å². The number of thioether (sulfide) groups is 1. The minimum absolute atomic E-state index is 0.0655. The lowest BCUT2D eigenvalue weighted by Gasteiger charge is -2.15. The second-order valence-corrected chi connectivity index (χ2v) is 8.04. The molecule has 1 atom stereocenters. The number of halogens is 1. The van der Waals surface area contributed by atoms with E-state index in [1.165, 1.54) is 23.9 Å². The highest BCUT2D eigenvalue weighted by atomic mass is 32.2. The molecular formula is C23H24FN5O2S. The molecule has 7 nitrogen and oxygen atoms in total. The molecule has 0 bridgehead atoms. The molecule has 0 spiro atoms. The number of amides is 2. The summed E-state index contributed by atoms with van der Waals surface area (Å²) >= 11 is 1.20. The Morgan fingerprint density at radius 3 is 2.69 bits per heavy atom. The van der Waals surface area contributed by atoms with Gasteiger partial charge in [0.15, 0.2) is 11.0 Å². The molecule has 32 heavy (non-hydrogen) atoms. The largest absolute Gasteiger partial charge is 0.342 e. The molecule has 0 radical (unpaired) electrons. The van der Waals surface area contributed by atoms with Crippen molar-refractivity contribution in [3.63, 3.8) is 0 Å². The van der Waals surface area contributed by atoms with Crippen molar-refractivity contribution in [1.82, 2.24) is 20.1 Å². The minimum Gasteiger partial charge on any atom is -0.342 e. The maximum atomic E-state index is 13.4. The van der Waals surface area contributed by atoms with Gasteiger partial charge in [0, 0.05) is 17.8 Å². The van der Waals surface area contributed by atoms with Gasteiger partial charge in [0.2, 0.25) is 5.91 Å². The maximum absolute atomic E-state index is 13.4. The van der Waals surface area contributed by atoms with Crippen molar-refractivity contribution < 1.29 is 14.0 Å². The van der Waals surface area contributed by atoms with E-state index in [9.17, 15) is 14.0 Å². The number of aromatic nitrogens is 3.